The van der Waals surface area contributed by atoms with Crippen LogP contribution in [0.5, 0.6) is 0 Å². The first-order valence-electron chi connectivity index (χ1n) is 4.57. The van der Waals surface area contributed by atoms with Crippen molar-refractivity contribution in [1.82, 2.24) is 4.98 Å². The summed E-state index contributed by atoms with van der Waals surface area (Å²) in [6.07, 6.45) is 3.49. The summed E-state index contributed by atoms with van der Waals surface area (Å²) in [6.45, 7) is 0. The third-order valence-corrected chi connectivity index (χ3v) is 3.02. The average molecular weight is 247 g/mol. The van der Waals surface area contributed by atoms with Crippen molar-refractivity contribution in [3.63, 3.8) is 0 Å². The van der Waals surface area contributed by atoms with Gasteiger partial charge in [0.25, 0.3) is 0 Å². The van der Waals surface area contributed by atoms with Crippen molar-refractivity contribution in [2.75, 3.05) is 0 Å². The molecule has 0 radical (unpaired) electrons. The minimum atomic E-state index is 0.567. The lowest BCUT2D eigenvalue weighted by atomic mass is 10.1. The molecule has 0 aliphatic carbocycles. The maximum Gasteiger partial charge on any atom is 0.133 e. The molecule has 0 amide bonds. The van der Waals surface area contributed by atoms with Gasteiger partial charge >= 0.3 is 0 Å². The summed E-state index contributed by atoms with van der Waals surface area (Å²) in [5.41, 5.74) is 1.51. The van der Waals surface area contributed by atoms with E-state index in [9.17, 15) is 0 Å². The Morgan fingerprint density at radius 1 is 1.38 bits per heavy atom. The zero-order valence-corrected chi connectivity index (χ0v) is 9.79. The highest BCUT2D eigenvalue weighted by molar-refractivity contribution is 7.10. The van der Waals surface area contributed by atoms with Crippen LogP contribution in [-0.2, 0) is 0 Å². The molecule has 0 saturated carbocycles. The number of aromatic nitrogens is 1. The third kappa shape index (κ3) is 2.48. The minimum absolute atomic E-state index is 0.567. The lowest BCUT2D eigenvalue weighted by Gasteiger charge is -1.95. The Labute approximate surface area is 102 Å². The van der Waals surface area contributed by atoms with Crippen molar-refractivity contribution in [3.8, 4) is 6.07 Å². The van der Waals surface area contributed by atoms with E-state index in [4.69, 9.17) is 16.9 Å². The van der Waals surface area contributed by atoms with Gasteiger partial charge < -0.3 is 0 Å². The van der Waals surface area contributed by atoms with E-state index >= 15 is 0 Å². The molecule has 0 saturated heterocycles. The first-order valence-corrected chi connectivity index (χ1v) is 5.82. The van der Waals surface area contributed by atoms with E-state index in [-0.39, 0.29) is 0 Å². The van der Waals surface area contributed by atoms with Crippen LogP contribution in [0.3, 0.4) is 0 Å². The van der Waals surface area contributed by atoms with Crippen LogP contribution < -0.4 is 0 Å². The van der Waals surface area contributed by atoms with E-state index in [1.807, 2.05) is 17.5 Å². The Morgan fingerprint density at radius 3 is 2.69 bits per heavy atom. The molecule has 0 atom stereocenters. The largest absolute Gasteiger partial charge is 0.244 e. The molecule has 2 nitrogen and oxygen atoms in total. The lowest BCUT2D eigenvalue weighted by Crippen LogP contribution is -1.79. The maximum absolute atomic E-state index is 9.04. The van der Waals surface area contributed by atoms with Crippen molar-refractivity contribution < 1.29 is 0 Å². The van der Waals surface area contributed by atoms with Crippen molar-refractivity contribution >= 4 is 34.6 Å². The molecule has 0 aliphatic rings. The zero-order valence-electron chi connectivity index (χ0n) is 8.22. The van der Waals surface area contributed by atoms with Gasteiger partial charge in [-0.1, -0.05) is 23.7 Å². The molecule has 1 heterocycles. The predicted molar refractivity (Wildman–Crippen MR) is 67.1 cm³/mol. The number of hydrogen-bond donors (Lipinski definition) is 0. The Kier molecular flexibility index (Phi) is 3.35. The average Bonchev–Trinajstić information content (AvgIpc) is 2.82. The minimum Gasteiger partial charge on any atom is -0.244 e. The first-order chi connectivity index (χ1) is 7.79. The Hall–Kier alpha value is -1.63. The van der Waals surface area contributed by atoms with Crippen molar-refractivity contribution in [2.24, 2.45) is 0 Å². The van der Waals surface area contributed by atoms with Gasteiger partial charge in [-0.25, -0.2) is 4.98 Å². The molecule has 1 aromatic carbocycles. The van der Waals surface area contributed by atoms with Gasteiger partial charge in [0.1, 0.15) is 11.1 Å². The fourth-order valence-corrected chi connectivity index (χ4v) is 1.95. The number of nitrogens with zero attached hydrogens (tertiary/aromatic N) is 2. The van der Waals surface area contributed by atoms with E-state index in [1.54, 1.807) is 24.4 Å². The van der Waals surface area contributed by atoms with Crippen LogP contribution in [-0.4, -0.2) is 4.98 Å². The molecule has 0 aliphatic heterocycles. The summed E-state index contributed by atoms with van der Waals surface area (Å²) in [5, 5.41) is 12.3. The molecule has 0 unspecified atom stereocenters. The van der Waals surface area contributed by atoms with E-state index in [1.165, 1.54) is 11.3 Å². The van der Waals surface area contributed by atoms with E-state index in [2.05, 4.69) is 11.1 Å². The maximum atomic E-state index is 9.04. The molecule has 4 heteroatoms. The quantitative estimate of drug-likeness (QED) is 0.755. The molecule has 78 valence electrons. The number of hydrogen-bond acceptors (Lipinski definition) is 3. The Morgan fingerprint density at radius 2 is 2.12 bits per heavy atom. The van der Waals surface area contributed by atoms with Gasteiger partial charge in [0.15, 0.2) is 0 Å². The fourth-order valence-electron chi connectivity index (χ4n) is 1.22. The summed E-state index contributed by atoms with van der Waals surface area (Å²) in [6, 6.07) is 9.47. The summed E-state index contributed by atoms with van der Waals surface area (Å²) in [4.78, 5) is 4.10. The number of rotatable bonds is 2. The van der Waals surface area contributed by atoms with Crippen LogP contribution in [0.15, 0.2) is 35.8 Å². The number of allylic oxidation sites excluding steroid dienone is 1. The highest BCUT2D eigenvalue weighted by Gasteiger charge is 2.03. The van der Waals surface area contributed by atoms with Gasteiger partial charge in [0.2, 0.25) is 0 Å². The SMILES string of the molecule is N#C/C(=C\c1ccc(Cl)cc1)c1nccs1. The van der Waals surface area contributed by atoms with Gasteiger partial charge in [-0.15, -0.1) is 11.3 Å². The smallest absolute Gasteiger partial charge is 0.133 e. The van der Waals surface area contributed by atoms with Crippen LogP contribution in [0.25, 0.3) is 11.6 Å². The van der Waals surface area contributed by atoms with Gasteiger partial charge in [0.05, 0.1) is 5.57 Å². The van der Waals surface area contributed by atoms with Crippen molar-refractivity contribution in [2.45, 2.75) is 0 Å². The van der Waals surface area contributed by atoms with Crippen LogP contribution in [0.2, 0.25) is 5.02 Å². The molecule has 0 bridgehead atoms. The Bertz CT molecular complexity index is 535. The third-order valence-electron chi connectivity index (χ3n) is 1.96. The van der Waals surface area contributed by atoms with Gasteiger partial charge in [-0.3, -0.25) is 0 Å². The summed E-state index contributed by atoms with van der Waals surface area (Å²) < 4.78 is 0. The summed E-state index contributed by atoms with van der Waals surface area (Å²) in [7, 11) is 0. The van der Waals surface area contributed by atoms with E-state index < -0.39 is 0 Å². The molecular weight excluding hydrogens is 240 g/mol. The normalized spacial score (nSPS) is 11.1. The standard InChI is InChI=1S/C12H7ClN2S/c13-11-3-1-9(2-4-11)7-10(8-14)12-15-5-6-16-12/h1-7H/b10-7+. The second-order valence-electron chi connectivity index (χ2n) is 3.06. The van der Waals surface area contributed by atoms with Crippen LogP contribution in [0.1, 0.15) is 10.6 Å². The number of benzene rings is 1. The highest BCUT2D eigenvalue weighted by atomic mass is 35.5. The predicted octanol–water partition coefficient (Wildman–Crippen LogP) is 3.86. The molecule has 2 rings (SSSR count). The molecule has 0 fully saturated rings. The summed E-state index contributed by atoms with van der Waals surface area (Å²) in [5.74, 6) is 0. The second kappa shape index (κ2) is 4.93. The van der Waals surface area contributed by atoms with E-state index in [0.717, 1.165) is 10.6 Å². The number of thiazole rings is 1. The van der Waals surface area contributed by atoms with Gasteiger partial charge in [-0.2, -0.15) is 5.26 Å². The van der Waals surface area contributed by atoms with Crippen molar-refractivity contribution in [3.05, 3.63) is 51.4 Å². The molecule has 1 aromatic heterocycles. The number of halogens is 1. The lowest BCUT2D eigenvalue weighted by molar-refractivity contribution is 1.38. The summed E-state index contributed by atoms with van der Waals surface area (Å²) >= 11 is 7.24. The van der Waals surface area contributed by atoms with Crippen molar-refractivity contribution in [1.29, 1.82) is 5.26 Å². The molecule has 0 N–H and O–H groups in total. The van der Waals surface area contributed by atoms with Crippen LogP contribution in [0, 0.1) is 11.3 Å². The van der Waals surface area contributed by atoms with E-state index in [0.29, 0.717) is 10.6 Å². The first kappa shape index (κ1) is 10.9. The second-order valence-corrected chi connectivity index (χ2v) is 4.39. The van der Waals surface area contributed by atoms with Gasteiger partial charge in [0, 0.05) is 16.6 Å². The van der Waals surface area contributed by atoms with Crippen LogP contribution in [0.4, 0.5) is 0 Å². The molecule has 0 spiro atoms. The zero-order chi connectivity index (χ0) is 11.4. The topological polar surface area (TPSA) is 36.7 Å². The Balaban J connectivity index is 2.36. The molecule has 16 heavy (non-hydrogen) atoms. The highest BCUT2D eigenvalue weighted by Crippen LogP contribution is 2.20. The monoisotopic (exact) mass is 246 g/mol. The molecular formula is C12H7ClN2S. The van der Waals surface area contributed by atoms with Crippen LogP contribution >= 0.6 is 22.9 Å². The fraction of sp³-hybridized carbons (Fsp3) is 0. The number of nitriles is 1. The molecule has 2 aromatic rings. The van der Waals surface area contributed by atoms with Gasteiger partial charge in [-0.05, 0) is 23.8 Å².